The molecule has 0 radical (unpaired) electrons. The summed E-state index contributed by atoms with van der Waals surface area (Å²) in [5.41, 5.74) is 16.0. The van der Waals surface area contributed by atoms with Crippen LogP contribution in [0.25, 0.3) is 67.2 Å². The summed E-state index contributed by atoms with van der Waals surface area (Å²) in [7, 11) is 0. The highest BCUT2D eigenvalue weighted by atomic mass is 15.2. The Morgan fingerprint density at radius 2 is 1.12 bits per heavy atom. The van der Waals surface area contributed by atoms with Crippen molar-refractivity contribution in [1.29, 1.82) is 0 Å². The molecule has 0 heterocycles. The van der Waals surface area contributed by atoms with Crippen molar-refractivity contribution in [2.75, 3.05) is 4.90 Å². The number of nitrogens with zero attached hydrogens (tertiary/aromatic N) is 1. The number of rotatable bonds is 5. The number of hydrogen-bond donors (Lipinski definition) is 0. The lowest BCUT2D eigenvalue weighted by atomic mass is 9.80. The molecule has 0 bridgehead atoms. The van der Waals surface area contributed by atoms with E-state index in [2.05, 4.69) is 182 Å². The molecule has 1 nitrogen and oxygen atoms in total. The van der Waals surface area contributed by atoms with Crippen LogP contribution in [0.3, 0.4) is 0 Å². The van der Waals surface area contributed by atoms with Crippen LogP contribution in [0.1, 0.15) is 71.6 Å². The first-order valence-corrected chi connectivity index (χ1v) is 20.6. The predicted octanol–water partition coefficient (Wildman–Crippen LogP) is 14.6. The summed E-state index contributed by atoms with van der Waals surface area (Å²) >= 11 is 0. The molecule has 0 fully saturated rings. The summed E-state index contributed by atoms with van der Waals surface area (Å²) < 4.78 is 0. The normalized spacial score (nSPS) is 18.2. The van der Waals surface area contributed by atoms with E-state index in [0.29, 0.717) is 0 Å². The minimum Gasteiger partial charge on any atom is -0.331 e. The van der Waals surface area contributed by atoms with Crippen LogP contribution in [0.4, 0.5) is 11.4 Å². The molecule has 11 rings (SSSR count). The standard InChI is InChI=1S/C55H45N/c1-55(32-30-38(31-33-55)54-48-22-10-5-16-41(48)35-42-17-6-11-23-49(42)54)56(52-36-43-18-2-7-19-45(43)50-24-12-13-25-51(50)52)44-28-26-37(27-29-44)53-46-20-8-3-14-39(46)34-40-15-4-9-21-47(40)53/h2-3,5,8-14,16,18,20-32,34-36H,4,6-7,15,17,19,33H2,1H3. The molecule has 4 aliphatic rings. The lowest BCUT2D eigenvalue weighted by Gasteiger charge is -2.43. The van der Waals surface area contributed by atoms with E-state index in [0.717, 1.165) is 44.9 Å². The van der Waals surface area contributed by atoms with Gasteiger partial charge < -0.3 is 4.90 Å². The van der Waals surface area contributed by atoms with E-state index in [1.807, 2.05) is 0 Å². The largest absolute Gasteiger partial charge is 0.331 e. The monoisotopic (exact) mass is 719 g/mol. The van der Waals surface area contributed by atoms with Crippen LogP contribution < -0.4 is 4.90 Å². The van der Waals surface area contributed by atoms with Gasteiger partial charge in [0.05, 0.1) is 11.2 Å². The summed E-state index contributed by atoms with van der Waals surface area (Å²) in [6, 6.07) is 43.7. The SMILES string of the molecule is CC1(N(c2ccc(-c3c4c(cc5ccccc35)CCC=C4)cc2)c2cc3c(c4ccccc24)CCC=C3)C=CC(c2c3c(cc4ccccc24)CCC=C3)=CC1. The minimum absolute atomic E-state index is 0.317. The van der Waals surface area contributed by atoms with Crippen LogP contribution in [0.2, 0.25) is 0 Å². The van der Waals surface area contributed by atoms with Crippen molar-refractivity contribution in [3.8, 4) is 11.1 Å². The maximum Gasteiger partial charge on any atom is 0.0643 e. The molecule has 0 aromatic heterocycles. The average Bonchev–Trinajstić information content (AvgIpc) is 3.25. The van der Waals surface area contributed by atoms with Crippen molar-refractivity contribution >= 4 is 67.5 Å². The minimum atomic E-state index is -0.317. The summed E-state index contributed by atoms with van der Waals surface area (Å²) in [4.78, 5) is 2.64. The number of anilines is 2. The molecule has 56 heavy (non-hydrogen) atoms. The molecular formula is C55H45N. The fraction of sp³-hybridized carbons (Fsp3) is 0.164. The number of aryl methyl sites for hydroxylation is 3. The van der Waals surface area contributed by atoms with Gasteiger partial charge in [0.25, 0.3) is 0 Å². The van der Waals surface area contributed by atoms with Gasteiger partial charge in [-0.1, -0.05) is 152 Å². The second kappa shape index (κ2) is 13.2. The van der Waals surface area contributed by atoms with Crippen LogP contribution in [0.15, 0.2) is 152 Å². The Kier molecular flexibility index (Phi) is 7.85. The molecule has 0 saturated carbocycles. The Labute approximate surface area is 330 Å². The third-order valence-electron chi connectivity index (χ3n) is 12.9. The third kappa shape index (κ3) is 5.36. The molecule has 4 aliphatic carbocycles. The molecule has 0 saturated heterocycles. The average molecular weight is 720 g/mol. The van der Waals surface area contributed by atoms with Gasteiger partial charge in [0.1, 0.15) is 0 Å². The van der Waals surface area contributed by atoms with Gasteiger partial charge in [0.2, 0.25) is 0 Å². The fourth-order valence-electron chi connectivity index (χ4n) is 10.2. The lowest BCUT2D eigenvalue weighted by molar-refractivity contribution is 0.572. The topological polar surface area (TPSA) is 3.24 Å². The molecule has 0 aliphatic heterocycles. The maximum atomic E-state index is 2.64. The van der Waals surface area contributed by atoms with E-state index < -0.39 is 0 Å². The van der Waals surface area contributed by atoms with Crippen LogP contribution in [-0.2, 0) is 19.3 Å². The molecule has 7 aromatic carbocycles. The van der Waals surface area contributed by atoms with Crippen LogP contribution in [0.5, 0.6) is 0 Å². The zero-order valence-corrected chi connectivity index (χ0v) is 32.1. The highest BCUT2D eigenvalue weighted by molar-refractivity contribution is 6.05. The number of allylic oxidation sites excluding steroid dienone is 5. The number of hydrogen-bond acceptors (Lipinski definition) is 1. The molecular weight excluding hydrogens is 675 g/mol. The van der Waals surface area contributed by atoms with Gasteiger partial charge in [0, 0.05) is 11.1 Å². The van der Waals surface area contributed by atoms with Crippen molar-refractivity contribution in [3.05, 3.63) is 191 Å². The zero-order valence-electron chi connectivity index (χ0n) is 32.1. The van der Waals surface area contributed by atoms with Crippen molar-refractivity contribution < 1.29 is 0 Å². The Morgan fingerprint density at radius 3 is 1.80 bits per heavy atom. The second-order valence-corrected chi connectivity index (χ2v) is 16.4. The van der Waals surface area contributed by atoms with Crippen molar-refractivity contribution in [2.24, 2.45) is 0 Å². The molecule has 0 N–H and O–H groups in total. The Morgan fingerprint density at radius 1 is 0.536 bits per heavy atom. The molecule has 7 aromatic rings. The quantitative estimate of drug-likeness (QED) is 0.171. The van der Waals surface area contributed by atoms with Gasteiger partial charge in [-0.2, -0.15) is 0 Å². The Balaban J connectivity index is 1.08. The van der Waals surface area contributed by atoms with E-state index in [4.69, 9.17) is 0 Å². The zero-order chi connectivity index (χ0) is 37.2. The molecule has 0 spiro atoms. The van der Waals surface area contributed by atoms with Gasteiger partial charge in [0.15, 0.2) is 0 Å². The first-order chi connectivity index (χ1) is 27.6. The molecule has 0 amide bonds. The van der Waals surface area contributed by atoms with Gasteiger partial charge in [-0.15, -0.1) is 0 Å². The third-order valence-corrected chi connectivity index (χ3v) is 12.9. The Bertz CT molecular complexity index is 2890. The Hall–Kier alpha value is -6.18. The van der Waals surface area contributed by atoms with Crippen molar-refractivity contribution in [3.63, 3.8) is 0 Å². The smallest absolute Gasteiger partial charge is 0.0643 e. The van der Waals surface area contributed by atoms with Gasteiger partial charge in [-0.25, -0.2) is 0 Å². The van der Waals surface area contributed by atoms with E-state index in [9.17, 15) is 0 Å². The number of benzene rings is 7. The summed E-state index contributed by atoms with van der Waals surface area (Å²) in [6.07, 6.45) is 29.0. The van der Waals surface area contributed by atoms with Crippen LogP contribution >= 0.6 is 0 Å². The summed E-state index contributed by atoms with van der Waals surface area (Å²) in [5.74, 6) is 0. The predicted molar refractivity (Wildman–Crippen MR) is 242 cm³/mol. The molecule has 1 atom stereocenters. The highest BCUT2D eigenvalue weighted by Crippen LogP contribution is 2.47. The van der Waals surface area contributed by atoms with Gasteiger partial charge in [-0.3, -0.25) is 0 Å². The van der Waals surface area contributed by atoms with Crippen LogP contribution in [-0.4, -0.2) is 5.54 Å². The van der Waals surface area contributed by atoms with Crippen molar-refractivity contribution in [2.45, 2.75) is 57.4 Å². The van der Waals surface area contributed by atoms with Crippen LogP contribution in [0, 0.1) is 0 Å². The first kappa shape index (κ1) is 33.2. The fourth-order valence-corrected chi connectivity index (χ4v) is 10.2. The molecule has 1 unspecified atom stereocenters. The maximum absolute atomic E-state index is 2.64. The van der Waals surface area contributed by atoms with Gasteiger partial charge in [-0.05, 0) is 153 Å². The van der Waals surface area contributed by atoms with Crippen molar-refractivity contribution in [1.82, 2.24) is 0 Å². The second-order valence-electron chi connectivity index (χ2n) is 16.4. The summed E-state index contributed by atoms with van der Waals surface area (Å²) in [6.45, 7) is 2.43. The highest BCUT2D eigenvalue weighted by Gasteiger charge is 2.34. The van der Waals surface area contributed by atoms with E-state index in [-0.39, 0.29) is 5.54 Å². The summed E-state index contributed by atoms with van der Waals surface area (Å²) in [5, 5.41) is 7.99. The molecule has 1 heteroatoms. The van der Waals surface area contributed by atoms with E-state index in [1.54, 1.807) is 0 Å². The number of fused-ring (bicyclic) bond motifs is 7. The van der Waals surface area contributed by atoms with Gasteiger partial charge >= 0.3 is 0 Å². The van der Waals surface area contributed by atoms with E-state index in [1.165, 1.54) is 99.3 Å². The lowest BCUT2D eigenvalue weighted by Crippen LogP contribution is -2.42. The van der Waals surface area contributed by atoms with E-state index >= 15 is 0 Å². The first-order valence-electron chi connectivity index (χ1n) is 20.6. The molecule has 270 valence electrons.